The normalized spacial score (nSPS) is 45.3. The fourth-order valence-corrected chi connectivity index (χ4v) is 8.83. The largest absolute Gasteiger partial charge is 0.390 e. The van der Waals surface area contributed by atoms with Gasteiger partial charge in [-0.05, 0) is 106 Å². The molecule has 33 heavy (non-hydrogen) atoms. The molecule has 4 saturated carbocycles. The molecular weight excluding hydrogens is 410 g/mol. The summed E-state index contributed by atoms with van der Waals surface area (Å²) < 4.78 is 0. The van der Waals surface area contributed by atoms with Crippen molar-refractivity contribution in [3.8, 4) is 0 Å². The molecule has 5 heteroatoms. The summed E-state index contributed by atoms with van der Waals surface area (Å²) in [5, 5.41) is 10.7. The number of likely N-dealkylation sites (N-methyl/N-ethyl adjacent to an activating group) is 1. The summed E-state index contributed by atoms with van der Waals surface area (Å²) in [6.45, 7) is 11.0. The molecule has 8 atom stereocenters. The molecule has 4 rings (SSSR count). The lowest BCUT2D eigenvalue weighted by atomic mass is 9.44. The molecule has 0 aromatic rings. The van der Waals surface area contributed by atoms with Crippen molar-refractivity contribution in [3.63, 3.8) is 0 Å². The zero-order valence-corrected chi connectivity index (χ0v) is 21.5. The van der Waals surface area contributed by atoms with Crippen molar-refractivity contribution in [1.29, 1.82) is 0 Å². The standard InChI is InChI=1S/C28H45N3O2/c1-26(33)13-14-27(2)19(15-26)7-8-21-22-9-10-24(28(22,3)12-11-23(21)27)25(32)18-31(6)17-20(30-5)16-29-4/h16-17,19,21-24,33H,5,7-15,18H2,1-4,6H3/b20-17-,29-16+/t19-,21+,22+,23+,24-,26-,27+,28+/m1/s1. The van der Waals surface area contributed by atoms with Gasteiger partial charge >= 0.3 is 0 Å². The van der Waals surface area contributed by atoms with Crippen LogP contribution in [0.15, 0.2) is 21.9 Å². The fraction of sp³-hybridized carbons (Fsp3) is 0.821. The molecule has 0 radical (unpaired) electrons. The molecule has 0 aromatic heterocycles. The molecule has 0 aliphatic heterocycles. The molecule has 4 aliphatic rings. The summed E-state index contributed by atoms with van der Waals surface area (Å²) in [4.78, 5) is 23.4. The summed E-state index contributed by atoms with van der Waals surface area (Å²) in [5.74, 6) is 3.38. The second-order valence-corrected chi connectivity index (χ2v) is 12.5. The average molecular weight is 456 g/mol. The Labute approximate surface area is 200 Å². The second-order valence-electron chi connectivity index (χ2n) is 12.5. The molecule has 0 bridgehead atoms. The number of hydrogen-bond donors (Lipinski definition) is 1. The Morgan fingerprint density at radius 1 is 1.06 bits per heavy atom. The highest BCUT2D eigenvalue weighted by Gasteiger charge is 2.61. The van der Waals surface area contributed by atoms with E-state index in [2.05, 4.69) is 30.5 Å². The minimum atomic E-state index is -0.477. The SMILES string of the molecule is C=NC(=C\N(C)CC(=O)[C@H]1CC[C@H]2[C@@H]3CC[C@@H]4C[C@](C)(O)CC[C@]4(C)[C@H]3CC[C@]12C)/C=N/C. The lowest BCUT2D eigenvalue weighted by Gasteiger charge is -2.61. The van der Waals surface area contributed by atoms with Gasteiger partial charge in [0.1, 0.15) is 0 Å². The van der Waals surface area contributed by atoms with Crippen LogP contribution in [0.25, 0.3) is 0 Å². The smallest absolute Gasteiger partial charge is 0.155 e. The number of hydrogen-bond acceptors (Lipinski definition) is 5. The molecular formula is C28H45N3O2. The maximum Gasteiger partial charge on any atom is 0.155 e. The van der Waals surface area contributed by atoms with Crippen molar-refractivity contribution in [3.05, 3.63) is 11.9 Å². The monoisotopic (exact) mass is 455 g/mol. The summed E-state index contributed by atoms with van der Waals surface area (Å²) in [6, 6.07) is 0. The van der Waals surface area contributed by atoms with Crippen LogP contribution < -0.4 is 0 Å². The Morgan fingerprint density at radius 3 is 2.48 bits per heavy atom. The van der Waals surface area contributed by atoms with E-state index in [1.807, 2.05) is 25.1 Å². The average Bonchev–Trinajstić information content (AvgIpc) is 3.11. The van der Waals surface area contributed by atoms with Crippen LogP contribution in [0, 0.1) is 40.4 Å². The highest BCUT2D eigenvalue weighted by Crippen LogP contribution is 2.68. The molecule has 0 aromatic carbocycles. The maximum atomic E-state index is 13.5. The number of aliphatic imine (C=N–C) groups is 2. The number of carbonyl (C=O) groups is 1. The molecule has 5 nitrogen and oxygen atoms in total. The minimum absolute atomic E-state index is 0.135. The van der Waals surface area contributed by atoms with Crippen LogP contribution in [0.5, 0.6) is 0 Å². The molecule has 4 aliphatic carbocycles. The van der Waals surface area contributed by atoms with Crippen LogP contribution >= 0.6 is 0 Å². The number of allylic oxidation sites excluding steroid dienone is 1. The van der Waals surface area contributed by atoms with Crippen molar-refractivity contribution in [1.82, 2.24) is 4.90 Å². The van der Waals surface area contributed by atoms with E-state index in [-0.39, 0.29) is 11.3 Å². The molecule has 0 spiro atoms. The zero-order valence-electron chi connectivity index (χ0n) is 21.5. The maximum absolute atomic E-state index is 13.5. The van der Waals surface area contributed by atoms with Gasteiger partial charge in [-0.3, -0.25) is 14.8 Å². The lowest BCUT2D eigenvalue weighted by Crippen LogP contribution is -2.55. The van der Waals surface area contributed by atoms with E-state index in [1.54, 1.807) is 13.3 Å². The van der Waals surface area contributed by atoms with Gasteiger partial charge in [-0.25, -0.2) is 0 Å². The van der Waals surface area contributed by atoms with Crippen LogP contribution in [0.1, 0.15) is 78.6 Å². The van der Waals surface area contributed by atoms with Gasteiger partial charge in [-0.1, -0.05) is 13.8 Å². The Kier molecular flexibility index (Phi) is 6.67. The Morgan fingerprint density at radius 2 is 1.79 bits per heavy atom. The number of ketones is 1. The third kappa shape index (κ3) is 4.35. The first-order chi connectivity index (χ1) is 15.5. The van der Waals surface area contributed by atoms with Crippen LogP contribution in [-0.2, 0) is 4.79 Å². The first-order valence-corrected chi connectivity index (χ1v) is 13.1. The third-order valence-electron chi connectivity index (χ3n) is 10.5. The number of rotatable bonds is 6. The molecule has 0 saturated heterocycles. The topological polar surface area (TPSA) is 65.3 Å². The summed E-state index contributed by atoms with van der Waals surface area (Å²) in [6.07, 6.45) is 13.8. The lowest BCUT2D eigenvalue weighted by molar-refractivity contribution is -0.150. The molecule has 4 fully saturated rings. The number of Topliss-reactive ketones (excluding diaryl/α,β-unsaturated/α-hetero) is 1. The highest BCUT2D eigenvalue weighted by molar-refractivity contribution is 5.84. The molecule has 0 unspecified atom stereocenters. The van der Waals surface area contributed by atoms with Gasteiger partial charge in [0.25, 0.3) is 0 Å². The predicted molar refractivity (Wildman–Crippen MR) is 136 cm³/mol. The number of aliphatic hydroxyl groups is 1. The van der Waals surface area contributed by atoms with E-state index >= 15 is 0 Å². The van der Waals surface area contributed by atoms with Gasteiger partial charge < -0.3 is 10.0 Å². The fourth-order valence-electron chi connectivity index (χ4n) is 8.83. The molecule has 0 amide bonds. The van der Waals surface area contributed by atoms with Crippen molar-refractivity contribution >= 4 is 18.7 Å². The van der Waals surface area contributed by atoms with E-state index in [0.717, 1.165) is 37.5 Å². The van der Waals surface area contributed by atoms with Crippen molar-refractivity contribution < 1.29 is 9.90 Å². The number of fused-ring (bicyclic) bond motifs is 5. The second kappa shape index (κ2) is 8.94. The molecule has 0 heterocycles. The Balaban J connectivity index is 1.47. The van der Waals surface area contributed by atoms with E-state index < -0.39 is 5.60 Å². The Hall–Kier alpha value is -1.49. The van der Waals surface area contributed by atoms with Crippen LogP contribution in [0.4, 0.5) is 0 Å². The van der Waals surface area contributed by atoms with Crippen LogP contribution in [-0.4, -0.2) is 55.0 Å². The van der Waals surface area contributed by atoms with Crippen LogP contribution in [0.3, 0.4) is 0 Å². The van der Waals surface area contributed by atoms with E-state index in [4.69, 9.17) is 0 Å². The van der Waals surface area contributed by atoms with Crippen LogP contribution in [0.2, 0.25) is 0 Å². The first-order valence-electron chi connectivity index (χ1n) is 13.1. The van der Waals surface area contributed by atoms with Gasteiger partial charge in [0.05, 0.1) is 17.8 Å². The van der Waals surface area contributed by atoms with Gasteiger partial charge in [0.2, 0.25) is 0 Å². The third-order valence-corrected chi connectivity index (χ3v) is 10.5. The number of carbonyl (C=O) groups excluding carboxylic acids is 1. The summed E-state index contributed by atoms with van der Waals surface area (Å²) in [5.41, 5.74) is 0.709. The molecule has 184 valence electrons. The van der Waals surface area contributed by atoms with E-state index in [9.17, 15) is 9.90 Å². The van der Waals surface area contributed by atoms with Crippen molar-refractivity contribution in [2.24, 2.45) is 50.4 Å². The van der Waals surface area contributed by atoms with Gasteiger partial charge in [0.15, 0.2) is 5.78 Å². The summed E-state index contributed by atoms with van der Waals surface area (Å²) in [7, 11) is 3.65. The summed E-state index contributed by atoms with van der Waals surface area (Å²) >= 11 is 0. The van der Waals surface area contributed by atoms with E-state index in [1.165, 1.54) is 32.1 Å². The van der Waals surface area contributed by atoms with Gasteiger partial charge in [-0.2, -0.15) is 0 Å². The minimum Gasteiger partial charge on any atom is -0.390 e. The highest BCUT2D eigenvalue weighted by atomic mass is 16.3. The number of nitrogens with zero attached hydrogens (tertiary/aromatic N) is 3. The quantitative estimate of drug-likeness (QED) is 0.564. The van der Waals surface area contributed by atoms with Gasteiger partial charge in [0, 0.05) is 32.4 Å². The van der Waals surface area contributed by atoms with Gasteiger partial charge in [-0.15, -0.1) is 0 Å². The first kappa shape index (κ1) is 24.6. The zero-order chi connectivity index (χ0) is 24.0. The molecule has 1 N–H and O–H groups in total. The van der Waals surface area contributed by atoms with Crippen molar-refractivity contribution in [2.75, 3.05) is 20.6 Å². The van der Waals surface area contributed by atoms with E-state index in [0.29, 0.717) is 35.3 Å². The Bertz CT molecular complexity index is 833. The van der Waals surface area contributed by atoms with Crippen molar-refractivity contribution in [2.45, 2.75) is 84.2 Å². The predicted octanol–water partition coefficient (Wildman–Crippen LogP) is 5.14.